The van der Waals surface area contributed by atoms with Crippen LogP contribution in [0.3, 0.4) is 0 Å². The van der Waals surface area contributed by atoms with Gasteiger partial charge in [0.05, 0.1) is 5.75 Å². The molecule has 0 bridgehead atoms. The molecular formula is C17H19NO2S2. The molecule has 116 valence electrons. The van der Waals surface area contributed by atoms with Gasteiger partial charge in [-0.2, -0.15) is 11.8 Å². The molecule has 0 radical (unpaired) electrons. The van der Waals surface area contributed by atoms with Gasteiger partial charge < -0.3 is 5.32 Å². The molecule has 1 atom stereocenters. The normalized spacial score (nSPS) is 11.9. The monoisotopic (exact) mass is 333 g/mol. The van der Waals surface area contributed by atoms with Crippen LogP contribution in [0.15, 0.2) is 54.6 Å². The third-order valence-corrected chi connectivity index (χ3v) is 4.85. The quantitative estimate of drug-likeness (QED) is 0.844. The Bertz CT molecular complexity index is 644. The zero-order valence-electron chi connectivity index (χ0n) is 12.5. The molecule has 0 saturated carbocycles. The molecule has 1 N–H and O–H groups in total. The van der Waals surface area contributed by atoms with Crippen molar-refractivity contribution in [3.63, 3.8) is 0 Å². The Kier molecular flexibility index (Phi) is 6.68. The van der Waals surface area contributed by atoms with E-state index in [0.717, 1.165) is 16.8 Å². The number of nitrogens with one attached hydrogen (secondary N) is 1. The predicted octanol–water partition coefficient (Wildman–Crippen LogP) is 3.44. The number of anilines is 1. The number of carbonyl (C=O) groups is 1. The van der Waals surface area contributed by atoms with Crippen molar-refractivity contribution in [1.82, 2.24) is 0 Å². The number of amides is 1. The molecule has 1 amide bonds. The van der Waals surface area contributed by atoms with Crippen LogP contribution in [0.1, 0.15) is 11.1 Å². The molecule has 0 aliphatic heterocycles. The van der Waals surface area contributed by atoms with Gasteiger partial charge in [-0.1, -0.05) is 42.5 Å². The van der Waals surface area contributed by atoms with E-state index in [0.29, 0.717) is 17.3 Å². The van der Waals surface area contributed by atoms with Gasteiger partial charge in [0.1, 0.15) is 0 Å². The van der Waals surface area contributed by atoms with Crippen molar-refractivity contribution >= 4 is 34.2 Å². The second-order valence-electron chi connectivity index (χ2n) is 4.90. The highest BCUT2D eigenvalue weighted by atomic mass is 32.2. The Labute approximate surface area is 138 Å². The van der Waals surface area contributed by atoms with E-state index in [2.05, 4.69) is 5.32 Å². The zero-order valence-corrected chi connectivity index (χ0v) is 14.1. The molecule has 2 aromatic carbocycles. The van der Waals surface area contributed by atoms with Crippen LogP contribution in [-0.4, -0.2) is 22.1 Å². The summed E-state index contributed by atoms with van der Waals surface area (Å²) in [6, 6.07) is 17.4. The average molecular weight is 333 g/mol. The summed E-state index contributed by atoms with van der Waals surface area (Å²) in [7, 11) is -0.963. The number of hydrogen-bond donors (Lipinski definition) is 1. The van der Waals surface area contributed by atoms with E-state index in [1.165, 1.54) is 11.8 Å². The lowest BCUT2D eigenvalue weighted by molar-refractivity contribution is -0.113. The van der Waals surface area contributed by atoms with Crippen molar-refractivity contribution in [2.75, 3.05) is 17.3 Å². The maximum atomic E-state index is 12.2. The van der Waals surface area contributed by atoms with Gasteiger partial charge in [0.25, 0.3) is 0 Å². The first kappa shape index (κ1) is 16.8. The number of benzene rings is 2. The molecule has 0 aromatic heterocycles. The van der Waals surface area contributed by atoms with Crippen LogP contribution in [0.25, 0.3) is 0 Å². The van der Waals surface area contributed by atoms with E-state index in [9.17, 15) is 9.00 Å². The van der Waals surface area contributed by atoms with Crippen molar-refractivity contribution in [2.24, 2.45) is 0 Å². The fourth-order valence-electron chi connectivity index (χ4n) is 2.06. The minimum atomic E-state index is -0.963. The van der Waals surface area contributed by atoms with Crippen LogP contribution < -0.4 is 5.32 Å². The van der Waals surface area contributed by atoms with Gasteiger partial charge in [-0.3, -0.25) is 9.00 Å². The van der Waals surface area contributed by atoms with Gasteiger partial charge in [0.2, 0.25) is 5.91 Å². The predicted molar refractivity (Wildman–Crippen MR) is 95.4 cm³/mol. The molecule has 5 heteroatoms. The van der Waals surface area contributed by atoms with Crippen molar-refractivity contribution in [2.45, 2.75) is 11.5 Å². The van der Waals surface area contributed by atoms with Crippen molar-refractivity contribution < 1.29 is 9.00 Å². The second-order valence-corrected chi connectivity index (χ2v) is 7.22. The van der Waals surface area contributed by atoms with Crippen LogP contribution in [0, 0.1) is 0 Å². The van der Waals surface area contributed by atoms with Crippen LogP contribution >= 0.6 is 11.8 Å². The first-order valence-electron chi connectivity index (χ1n) is 6.94. The van der Waals surface area contributed by atoms with Crippen LogP contribution in [-0.2, 0) is 27.1 Å². The number of carbonyl (C=O) groups excluding carboxylic acids is 1. The lowest BCUT2D eigenvalue weighted by atomic mass is 10.2. The van der Waals surface area contributed by atoms with E-state index in [1.54, 1.807) is 0 Å². The summed E-state index contributed by atoms with van der Waals surface area (Å²) in [5.41, 5.74) is 2.80. The Hall–Kier alpha value is -1.59. The first-order valence-corrected chi connectivity index (χ1v) is 9.82. The molecular weight excluding hydrogens is 314 g/mol. The first-order chi connectivity index (χ1) is 10.7. The summed E-state index contributed by atoms with van der Waals surface area (Å²) in [5.74, 6) is 1.45. The average Bonchev–Trinajstić information content (AvgIpc) is 2.48. The van der Waals surface area contributed by atoms with E-state index < -0.39 is 10.8 Å². The fourth-order valence-corrected chi connectivity index (χ4v) is 3.62. The van der Waals surface area contributed by atoms with Crippen LogP contribution in [0.2, 0.25) is 0 Å². The molecule has 0 fully saturated rings. The molecule has 2 rings (SSSR count). The summed E-state index contributed by atoms with van der Waals surface area (Å²) in [4.78, 5) is 11.6. The minimum absolute atomic E-state index is 0.0185. The molecule has 0 aliphatic rings. The van der Waals surface area contributed by atoms with Crippen molar-refractivity contribution in [1.29, 1.82) is 0 Å². The molecule has 0 saturated heterocycles. The Balaban J connectivity index is 1.95. The third kappa shape index (κ3) is 5.66. The highest BCUT2D eigenvalue weighted by Gasteiger charge is 2.06. The summed E-state index contributed by atoms with van der Waals surface area (Å²) >= 11 is 1.48. The lowest BCUT2D eigenvalue weighted by Gasteiger charge is -2.07. The van der Waals surface area contributed by atoms with Crippen LogP contribution in [0.4, 0.5) is 5.69 Å². The Morgan fingerprint density at radius 1 is 1.05 bits per heavy atom. The van der Waals surface area contributed by atoms with Crippen molar-refractivity contribution in [3.8, 4) is 0 Å². The van der Waals surface area contributed by atoms with E-state index >= 15 is 0 Å². The van der Waals surface area contributed by atoms with Gasteiger partial charge in [0, 0.05) is 28.0 Å². The molecule has 2 aromatic rings. The van der Waals surface area contributed by atoms with Crippen molar-refractivity contribution in [3.05, 3.63) is 65.7 Å². The molecule has 0 unspecified atom stereocenters. The standard InChI is InChI=1S/C17H19NO2S2/c1-21-11-17(19)18-16-9-5-8-15(10-16)13-22(20)12-14-6-3-2-4-7-14/h2-10H,11-13H2,1H3,(H,18,19)/t22-/m1/s1. The van der Waals surface area contributed by atoms with Gasteiger partial charge in [-0.05, 0) is 29.5 Å². The molecule has 3 nitrogen and oxygen atoms in total. The molecule has 0 heterocycles. The van der Waals surface area contributed by atoms with Gasteiger partial charge >= 0.3 is 0 Å². The molecule has 0 spiro atoms. The molecule has 0 aliphatic carbocycles. The topological polar surface area (TPSA) is 46.2 Å². The highest BCUT2D eigenvalue weighted by Crippen LogP contribution is 2.14. The van der Waals surface area contributed by atoms with E-state index in [-0.39, 0.29) is 5.91 Å². The maximum Gasteiger partial charge on any atom is 0.234 e. The smallest absolute Gasteiger partial charge is 0.234 e. The molecule has 22 heavy (non-hydrogen) atoms. The van der Waals surface area contributed by atoms with Crippen LogP contribution in [0.5, 0.6) is 0 Å². The minimum Gasteiger partial charge on any atom is -0.325 e. The zero-order chi connectivity index (χ0) is 15.8. The van der Waals surface area contributed by atoms with Gasteiger partial charge in [-0.25, -0.2) is 0 Å². The largest absolute Gasteiger partial charge is 0.325 e. The Morgan fingerprint density at radius 3 is 2.45 bits per heavy atom. The summed E-state index contributed by atoms with van der Waals surface area (Å²) in [5, 5.41) is 2.85. The third-order valence-electron chi connectivity index (χ3n) is 2.98. The van der Waals surface area contributed by atoms with E-state index in [1.807, 2.05) is 60.9 Å². The SMILES string of the molecule is CSCC(=O)Nc1cccc(C[S@](=O)Cc2ccccc2)c1. The fraction of sp³-hybridized carbons (Fsp3) is 0.235. The van der Waals surface area contributed by atoms with Gasteiger partial charge in [-0.15, -0.1) is 0 Å². The van der Waals surface area contributed by atoms with E-state index in [4.69, 9.17) is 0 Å². The number of hydrogen-bond acceptors (Lipinski definition) is 3. The second kappa shape index (κ2) is 8.76. The number of thioether (sulfide) groups is 1. The Morgan fingerprint density at radius 2 is 1.73 bits per heavy atom. The highest BCUT2D eigenvalue weighted by molar-refractivity contribution is 7.99. The van der Waals surface area contributed by atoms with Gasteiger partial charge in [0.15, 0.2) is 0 Å². The summed E-state index contributed by atoms with van der Waals surface area (Å²) < 4.78 is 12.2. The number of rotatable bonds is 7. The summed E-state index contributed by atoms with van der Waals surface area (Å²) in [6.07, 6.45) is 1.89. The maximum absolute atomic E-state index is 12.2. The lowest BCUT2D eigenvalue weighted by Crippen LogP contribution is -2.13. The summed E-state index contributed by atoms with van der Waals surface area (Å²) in [6.45, 7) is 0.